The van der Waals surface area contributed by atoms with Crippen molar-refractivity contribution >= 4 is 46.2 Å². The van der Waals surface area contributed by atoms with Crippen molar-refractivity contribution in [2.24, 2.45) is 4.99 Å². The number of halogens is 1. The van der Waals surface area contributed by atoms with Crippen molar-refractivity contribution in [3.8, 4) is 11.5 Å². The van der Waals surface area contributed by atoms with E-state index >= 15 is 0 Å². The molecule has 24 heavy (non-hydrogen) atoms. The topological polar surface area (TPSA) is 70.9 Å². The molecule has 7 heteroatoms. The van der Waals surface area contributed by atoms with Gasteiger partial charge >= 0.3 is 0 Å². The van der Waals surface area contributed by atoms with E-state index in [0.717, 1.165) is 0 Å². The molecule has 0 radical (unpaired) electrons. The Balaban J connectivity index is 1.83. The van der Waals surface area contributed by atoms with Crippen LogP contribution in [0.15, 0.2) is 52.4 Å². The molecule has 1 aliphatic rings. The van der Waals surface area contributed by atoms with Crippen LogP contribution < -0.4 is 10.1 Å². The van der Waals surface area contributed by atoms with Crippen molar-refractivity contribution in [2.45, 2.75) is 0 Å². The lowest BCUT2D eigenvalue weighted by Crippen LogP contribution is -2.19. The van der Waals surface area contributed by atoms with Gasteiger partial charge in [0.25, 0.3) is 5.91 Å². The number of carbonyl (C=O) groups excluding carboxylic acids is 1. The van der Waals surface area contributed by atoms with Gasteiger partial charge in [0.1, 0.15) is 0 Å². The van der Waals surface area contributed by atoms with Gasteiger partial charge in [0, 0.05) is 5.02 Å². The third-order valence-electron chi connectivity index (χ3n) is 3.19. The van der Waals surface area contributed by atoms with Gasteiger partial charge in [-0.15, -0.1) is 0 Å². The van der Waals surface area contributed by atoms with Crippen molar-refractivity contribution in [2.75, 3.05) is 7.11 Å². The fourth-order valence-corrected chi connectivity index (χ4v) is 3.12. The first kappa shape index (κ1) is 16.4. The van der Waals surface area contributed by atoms with Crippen LogP contribution in [0.4, 0.5) is 5.69 Å². The van der Waals surface area contributed by atoms with Gasteiger partial charge in [0.05, 0.1) is 17.7 Å². The highest BCUT2D eigenvalue weighted by molar-refractivity contribution is 8.18. The molecule has 1 saturated heterocycles. The van der Waals surface area contributed by atoms with Crippen LogP contribution in [0.3, 0.4) is 0 Å². The Morgan fingerprint density at radius 2 is 2.12 bits per heavy atom. The molecule has 3 rings (SSSR count). The van der Waals surface area contributed by atoms with E-state index < -0.39 is 0 Å². The van der Waals surface area contributed by atoms with Gasteiger partial charge in [-0.1, -0.05) is 23.7 Å². The molecule has 1 heterocycles. The van der Waals surface area contributed by atoms with E-state index in [1.807, 2.05) is 0 Å². The van der Waals surface area contributed by atoms with Crippen molar-refractivity contribution in [1.29, 1.82) is 0 Å². The van der Waals surface area contributed by atoms with E-state index in [4.69, 9.17) is 16.3 Å². The molecule has 2 aromatic rings. The first-order valence-corrected chi connectivity index (χ1v) is 8.17. The molecule has 2 N–H and O–H groups in total. The molecule has 1 aliphatic heterocycles. The van der Waals surface area contributed by atoms with Gasteiger partial charge < -0.3 is 15.2 Å². The summed E-state index contributed by atoms with van der Waals surface area (Å²) >= 11 is 7.15. The van der Waals surface area contributed by atoms with Crippen LogP contribution in [0.25, 0.3) is 6.08 Å². The van der Waals surface area contributed by atoms with Crippen LogP contribution >= 0.6 is 23.4 Å². The number of benzene rings is 2. The number of rotatable bonds is 3. The summed E-state index contributed by atoms with van der Waals surface area (Å²) in [5.74, 6) is 0.156. The van der Waals surface area contributed by atoms with Gasteiger partial charge in [0.15, 0.2) is 16.7 Å². The summed E-state index contributed by atoms with van der Waals surface area (Å²) in [6.45, 7) is 0. The number of hydrogen-bond donors (Lipinski definition) is 2. The van der Waals surface area contributed by atoms with Crippen LogP contribution in [-0.2, 0) is 4.79 Å². The van der Waals surface area contributed by atoms with Crippen LogP contribution in [0.5, 0.6) is 11.5 Å². The molecule has 0 atom stereocenters. The lowest BCUT2D eigenvalue weighted by Gasteiger charge is -2.03. The summed E-state index contributed by atoms with van der Waals surface area (Å²) in [5.41, 5.74) is 1.35. The number of hydrogen-bond acceptors (Lipinski definition) is 5. The van der Waals surface area contributed by atoms with E-state index in [1.165, 1.54) is 24.9 Å². The predicted molar refractivity (Wildman–Crippen MR) is 96.9 cm³/mol. The first-order valence-electron chi connectivity index (χ1n) is 6.97. The predicted octanol–water partition coefficient (Wildman–Crippen LogP) is 3.95. The number of amides is 1. The zero-order valence-corrected chi connectivity index (χ0v) is 14.2. The Morgan fingerprint density at radius 1 is 1.29 bits per heavy atom. The number of nitrogens with one attached hydrogen (secondary N) is 1. The van der Waals surface area contributed by atoms with Crippen molar-refractivity contribution in [1.82, 2.24) is 5.32 Å². The molecule has 0 unspecified atom stereocenters. The van der Waals surface area contributed by atoms with E-state index in [-0.39, 0.29) is 11.7 Å². The fraction of sp³-hybridized carbons (Fsp3) is 0.0588. The number of methoxy groups -OCH3 is 1. The second-order valence-electron chi connectivity index (χ2n) is 4.89. The molecular weight excluding hydrogens is 348 g/mol. The quantitative estimate of drug-likeness (QED) is 0.813. The highest BCUT2D eigenvalue weighted by Gasteiger charge is 2.23. The number of thioether (sulfide) groups is 1. The summed E-state index contributed by atoms with van der Waals surface area (Å²) in [7, 11) is 1.48. The lowest BCUT2D eigenvalue weighted by atomic mass is 10.2. The third-order valence-corrected chi connectivity index (χ3v) is 4.34. The number of nitrogens with zero attached hydrogens (tertiary/aromatic N) is 1. The average molecular weight is 361 g/mol. The second kappa shape index (κ2) is 6.98. The molecule has 1 amide bonds. The van der Waals surface area contributed by atoms with Gasteiger partial charge in [-0.2, -0.15) is 0 Å². The Kier molecular flexibility index (Phi) is 4.78. The number of carbonyl (C=O) groups is 1. The van der Waals surface area contributed by atoms with Crippen LogP contribution in [0.2, 0.25) is 5.02 Å². The fourth-order valence-electron chi connectivity index (χ4n) is 2.09. The monoisotopic (exact) mass is 360 g/mol. The molecule has 0 saturated carbocycles. The van der Waals surface area contributed by atoms with Gasteiger partial charge in [-0.3, -0.25) is 4.79 Å². The minimum Gasteiger partial charge on any atom is -0.504 e. The number of amidine groups is 1. The Labute approximate surface area is 148 Å². The second-order valence-corrected chi connectivity index (χ2v) is 6.36. The molecule has 2 aromatic carbocycles. The largest absolute Gasteiger partial charge is 0.504 e. The van der Waals surface area contributed by atoms with Gasteiger partial charge in [0.2, 0.25) is 0 Å². The minimum absolute atomic E-state index is 0.0167. The number of ether oxygens (including phenoxy) is 1. The Morgan fingerprint density at radius 3 is 2.83 bits per heavy atom. The number of phenols is 1. The van der Waals surface area contributed by atoms with E-state index in [2.05, 4.69) is 10.3 Å². The van der Waals surface area contributed by atoms with E-state index in [9.17, 15) is 9.90 Å². The smallest absolute Gasteiger partial charge is 0.264 e. The van der Waals surface area contributed by atoms with Crippen molar-refractivity contribution in [3.63, 3.8) is 0 Å². The van der Waals surface area contributed by atoms with Crippen molar-refractivity contribution < 1.29 is 14.6 Å². The van der Waals surface area contributed by atoms with Gasteiger partial charge in [-0.05, 0) is 53.7 Å². The van der Waals surface area contributed by atoms with Crippen molar-refractivity contribution in [3.05, 3.63) is 58.0 Å². The number of phenolic OH excluding ortho intramolecular Hbond substituents is 1. The Bertz CT molecular complexity index is 865. The van der Waals surface area contributed by atoms with Gasteiger partial charge in [-0.25, -0.2) is 4.99 Å². The molecule has 1 fully saturated rings. The molecule has 0 aliphatic carbocycles. The minimum atomic E-state index is -0.240. The SMILES string of the molecule is COc1ccc(/C=C2\SC(=Nc3cccc(Cl)c3)NC2=O)cc1O. The number of aromatic hydroxyl groups is 1. The maximum absolute atomic E-state index is 12.1. The maximum atomic E-state index is 12.1. The molecule has 0 spiro atoms. The molecular formula is C17H13ClN2O3S. The summed E-state index contributed by atoms with van der Waals surface area (Å²) in [6.07, 6.45) is 1.68. The summed E-state index contributed by atoms with van der Waals surface area (Å²) < 4.78 is 5.00. The zero-order chi connectivity index (χ0) is 17.1. The summed E-state index contributed by atoms with van der Waals surface area (Å²) in [5, 5.41) is 13.6. The Hall–Kier alpha value is -2.44. The standard InChI is InChI=1S/C17H13ClN2O3S/c1-23-14-6-5-10(7-13(14)21)8-15-16(22)20-17(24-15)19-12-4-2-3-11(18)9-12/h2-9,21H,1H3,(H,19,20,22)/b15-8-. The molecule has 0 bridgehead atoms. The lowest BCUT2D eigenvalue weighted by molar-refractivity contribution is -0.115. The zero-order valence-electron chi connectivity index (χ0n) is 12.6. The highest BCUT2D eigenvalue weighted by Crippen LogP contribution is 2.31. The normalized spacial score (nSPS) is 17.3. The maximum Gasteiger partial charge on any atom is 0.264 e. The highest BCUT2D eigenvalue weighted by atomic mass is 35.5. The average Bonchev–Trinajstić information content (AvgIpc) is 2.87. The van der Waals surface area contributed by atoms with E-state index in [1.54, 1.807) is 42.5 Å². The summed E-state index contributed by atoms with van der Waals surface area (Å²) in [6, 6.07) is 12.0. The van der Waals surface area contributed by atoms with Crippen LogP contribution in [0.1, 0.15) is 5.56 Å². The van der Waals surface area contributed by atoms with E-state index in [0.29, 0.717) is 32.1 Å². The van der Waals surface area contributed by atoms with Crippen LogP contribution in [-0.4, -0.2) is 23.3 Å². The number of aliphatic imine (C=N–C) groups is 1. The van der Waals surface area contributed by atoms with Crippen LogP contribution in [0, 0.1) is 0 Å². The molecule has 0 aromatic heterocycles. The third kappa shape index (κ3) is 3.72. The molecule has 5 nitrogen and oxygen atoms in total. The summed E-state index contributed by atoms with van der Waals surface area (Å²) in [4.78, 5) is 16.9. The molecule has 122 valence electrons. The first-order chi connectivity index (χ1) is 11.5.